The maximum absolute atomic E-state index is 2.44. The summed E-state index contributed by atoms with van der Waals surface area (Å²) in [5.74, 6) is 0. The largest absolute Gasteiger partial charge is 0.310 e. The van der Waals surface area contributed by atoms with E-state index in [1.165, 1.54) is 66.8 Å². The van der Waals surface area contributed by atoms with Crippen LogP contribution in [0.2, 0.25) is 0 Å². The van der Waals surface area contributed by atoms with Crippen LogP contribution in [0.4, 0.5) is 17.1 Å². The summed E-state index contributed by atoms with van der Waals surface area (Å²) in [5.41, 5.74) is 18.3. The molecule has 0 atom stereocenters. The Morgan fingerprint density at radius 1 is 0.327 bits per heavy atom. The summed E-state index contributed by atoms with van der Waals surface area (Å²) in [6, 6.07) is 72.8. The Hall–Kier alpha value is -6.44. The second-order valence-electron chi connectivity index (χ2n) is 14.1. The van der Waals surface area contributed by atoms with Gasteiger partial charge in [0.15, 0.2) is 0 Å². The van der Waals surface area contributed by atoms with Crippen LogP contribution in [-0.2, 0) is 5.41 Å². The highest BCUT2D eigenvalue weighted by Gasteiger charge is 2.37. The average Bonchev–Trinajstić information content (AvgIpc) is 3.45. The Kier molecular flexibility index (Phi) is 7.90. The highest BCUT2D eigenvalue weighted by Crippen LogP contribution is 2.54. The molecule has 0 aliphatic heterocycles. The summed E-state index contributed by atoms with van der Waals surface area (Å²) in [6.45, 7) is 4.71. The molecule has 0 spiro atoms. The molecule has 1 nitrogen and oxygen atoms in total. The quantitative estimate of drug-likeness (QED) is 0.164. The van der Waals surface area contributed by atoms with Crippen LogP contribution in [0, 0.1) is 0 Å². The normalized spacial score (nSPS) is 12.6. The summed E-state index contributed by atoms with van der Waals surface area (Å²) < 4.78 is 0. The van der Waals surface area contributed by atoms with E-state index in [-0.39, 0.29) is 5.41 Å². The van der Waals surface area contributed by atoms with Gasteiger partial charge in [0.1, 0.15) is 0 Å². The predicted octanol–water partition coefficient (Wildman–Crippen LogP) is 14.1. The Balaban J connectivity index is 1.28. The van der Waals surface area contributed by atoms with Gasteiger partial charge in [-0.1, -0.05) is 184 Å². The molecule has 1 heteroatoms. The van der Waals surface area contributed by atoms with E-state index in [2.05, 4.69) is 219 Å². The minimum Gasteiger partial charge on any atom is -0.310 e. The number of rotatable bonds is 7. The molecule has 248 valence electrons. The molecule has 52 heavy (non-hydrogen) atoms. The van der Waals surface area contributed by atoms with Crippen molar-refractivity contribution in [1.82, 2.24) is 0 Å². The fourth-order valence-electron chi connectivity index (χ4n) is 8.13. The van der Waals surface area contributed by atoms with Gasteiger partial charge in [-0.05, 0) is 91.5 Å². The Morgan fingerprint density at radius 2 is 0.827 bits per heavy atom. The van der Waals surface area contributed by atoms with Crippen LogP contribution >= 0.6 is 0 Å². The summed E-state index contributed by atoms with van der Waals surface area (Å²) in [5, 5.41) is 0. The number of anilines is 3. The van der Waals surface area contributed by atoms with Crippen LogP contribution < -0.4 is 4.90 Å². The van der Waals surface area contributed by atoms with Crippen molar-refractivity contribution < 1.29 is 0 Å². The molecule has 0 saturated heterocycles. The summed E-state index contributed by atoms with van der Waals surface area (Å²) in [4.78, 5) is 2.44. The lowest BCUT2D eigenvalue weighted by molar-refractivity contribution is 0.660. The molecule has 0 unspecified atom stereocenters. The van der Waals surface area contributed by atoms with E-state index in [1.807, 2.05) is 0 Å². The van der Waals surface area contributed by atoms with Gasteiger partial charge in [0.2, 0.25) is 0 Å². The molecule has 8 aromatic rings. The first-order chi connectivity index (χ1) is 25.6. The first-order valence-electron chi connectivity index (χ1n) is 18.1. The van der Waals surface area contributed by atoms with Crippen LogP contribution in [0.1, 0.15) is 25.0 Å². The number of fused-ring (bicyclic) bond motifs is 3. The van der Waals surface area contributed by atoms with E-state index in [1.54, 1.807) is 0 Å². The van der Waals surface area contributed by atoms with Crippen LogP contribution in [0.25, 0.3) is 55.6 Å². The summed E-state index contributed by atoms with van der Waals surface area (Å²) in [6.07, 6.45) is 0. The predicted molar refractivity (Wildman–Crippen MR) is 220 cm³/mol. The minimum absolute atomic E-state index is 0.0817. The average molecular weight is 666 g/mol. The third-order valence-electron chi connectivity index (χ3n) is 10.7. The monoisotopic (exact) mass is 665 g/mol. The fourth-order valence-corrected chi connectivity index (χ4v) is 8.13. The van der Waals surface area contributed by atoms with E-state index < -0.39 is 0 Å². The first kappa shape index (κ1) is 31.5. The van der Waals surface area contributed by atoms with Gasteiger partial charge in [0.05, 0.1) is 5.69 Å². The van der Waals surface area contributed by atoms with Crippen molar-refractivity contribution in [3.8, 4) is 55.6 Å². The molecule has 9 rings (SSSR count). The van der Waals surface area contributed by atoms with Gasteiger partial charge >= 0.3 is 0 Å². The highest BCUT2D eigenvalue weighted by molar-refractivity contribution is 5.99. The SMILES string of the molecule is CC1(C)c2ccccc2-c2c(-c3ccccc3N(c3ccc(-c4ccccc4)cc3)c3ccc(-c4ccccc4)c(-c4ccccc4)c3)cccc21. The zero-order chi connectivity index (χ0) is 35.1. The first-order valence-corrected chi connectivity index (χ1v) is 18.1. The maximum atomic E-state index is 2.44. The fraction of sp³-hybridized carbons (Fsp3) is 0.0588. The zero-order valence-corrected chi connectivity index (χ0v) is 29.5. The second-order valence-corrected chi connectivity index (χ2v) is 14.1. The molecule has 8 aromatic carbocycles. The molecular weight excluding hydrogens is 627 g/mol. The number of nitrogens with zero attached hydrogens (tertiary/aromatic N) is 1. The van der Waals surface area contributed by atoms with Gasteiger partial charge in [-0.25, -0.2) is 0 Å². The van der Waals surface area contributed by atoms with Crippen molar-refractivity contribution >= 4 is 17.1 Å². The third-order valence-corrected chi connectivity index (χ3v) is 10.7. The zero-order valence-electron chi connectivity index (χ0n) is 29.5. The topological polar surface area (TPSA) is 3.24 Å². The van der Waals surface area contributed by atoms with Crippen molar-refractivity contribution in [1.29, 1.82) is 0 Å². The minimum atomic E-state index is -0.0817. The van der Waals surface area contributed by atoms with Gasteiger partial charge in [0.25, 0.3) is 0 Å². The van der Waals surface area contributed by atoms with Crippen LogP contribution in [0.15, 0.2) is 200 Å². The molecule has 1 aliphatic carbocycles. The summed E-state index contributed by atoms with van der Waals surface area (Å²) in [7, 11) is 0. The third kappa shape index (κ3) is 5.43. The van der Waals surface area contributed by atoms with Gasteiger partial charge in [-0.15, -0.1) is 0 Å². The maximum Gasteiger partial charge on any atom is 0.0540 e. The van der Waals surface area contributed by atoms with Crippen molar-refractivity contribution in [2.75, 3.05) is 4.90 Å². The number of benzene rings is 8. The van der Waals surface area contributed by atoms with Gasteiger partial charge < -0.3 is 4.90 Å². The van der Waals surface area contributed by atoms with Crippen molar-refractivity contribution in [3.63, 3.8) is 0 Å². The smallest absolute Gasteiger partial charge is 0.0540 e. The Bertz CT molecular complexity index is 2510. The lowest BCUT2D eigenvalue weighted by Gasteiger charge is -2.29. The molecule has 0 bridgehead atoms. The molecule has 0 radical (unpaired) electrons. The second kappa shape index (κ2) is 13.0. The number of hydrogen-bond donors (Lipinski definition) is 0. The van der Waals surface area contributed by atoms with Gasteiger partial charge in [0, 0.05) is 22.4 Å². The Labute approximate surface area is 307 Å². The number of hydrogen-bond acceptors (Lipinski definition) is 1. The van der Waals surface area contributed by atoms with E-state index >= 15 is 0 Å². The van der Waals surface area contributed by atoms with Crippen LogP contribution in [0.5, 0.6) is 0 Å². The van der Waals surface area contributed by atoms with Crippen molar-refractivity contribution in [2.45, 2.75) is 19.3 Å². The van der Waals surface area contributed by atoms with Crippen LogP contribution in [-0.4, -0.2) is 0 Å². The molecular formula is C51H39N. The summed E-state index contributed by atoms with van der Waals surface area (Å²) >= 11 is 0. The Morgan fingerprint density at radius 3 is 1.52 bits per heavy atom. The van der Waals surface area contributed by atoms with Crippen molar-refractivity contribution in [2.24, 2.45) is 0 Å². The van der Waals surface area contributed by atoms with E-state index in [9.17, 15) is 0 Å². The standard InChI is InChI=1S/C51H39N/c1-51(2)47-26-14-12-24-45(47)50-44(25-16-27-48(50)51)43-23-13-15-28-49(43)52(40-31-29-37(30-32-40)36-17-6-3-7-18-36)41-33-34-42(38-19-8-4-9-20-38)46(35-41)39-21-10-5-11-22-39/h3-35H,1-2H3. The van der Waals surface area contributed by atoms with Crippen molar-refractivity contribution in [3.05, 3.63) is 211 Å². The molecule has 0 aromatic heterocycles. The van der Waals surface area contributed by atoms with E-state index in [4.69, 9.17) is 0 Å². The van der Waals surface area contributed by atoms with Crippen LogP contribution in [0.3, 0.4) is 0 Å². The lowest BCUT2D eigenvalue weighted by Crippen LogP contribution is -2.15. The van der Waals surface area contributed by atoms with E-state index in [0.29, 0.717) is 0 Å². The van der Waals surface area contributed by atoms with Gasteiger partial charge in [-0.3, -0.25) is 0 Å². The molecule has 0 heterocycles. The molecule has 0 saturated carbocycles. The molecule has 1 aliphatic rings. The number of para-hydroxylation sites is 1. The van der Waals surface area contributed by atoms with Gasteiger partial charge in [-0.2, -0.15) is 0 Å². The molecule has 0 amide bonds. The molecule has 0 N–H and O–H groups in total. The van der Waals surface area contributed by atoms with E-state index in [0.717, 1.165) is 17.1 Å². The lowest BCUT2D eigenvalue weighted by atomic mass is 9.82. The molecule has 0 fully saturated rings. The highest BCUT2D eigenvalue weighted by atomic mass is 15.1.